The van der Waals surface area contributed by atoms with E-state index in [1.807, 2.05) is 0 Å². The number of nitrogen functional groups attached to an aromatic ring is 1. The third kappa shape index (κ3) is 3.03. The van der Waals surface area contributed by atoms with Gasteiger partial charge in [0, 0.05) is 17.7 Å². The van der Waals surface area contributed by atoms with Gasteiger partial charge in [-0.05, 0) is 25.2 Å². The molecule has 1 atom stereocenters. The topological polar surface area (TPSA) is 103 Å². The lowest BCUT2D eigenvalue weighted by atomic mass is 10.0. The first kappa shape index (κ1) is 14.7. The summed E-state index contributed by atoms with van der Waals surface area (Å²) in [4.78, 5) is 12.9. The molecular formula is C15H22N6O. The van der Waals surface area contributed by atoms with Crippen molar-refractivity contribution in [2.45, 2.75) is 52.0 Å². The molecule has 2 aromatic rings. The summed E-state index contributed by atoms with van der Waals surface area (Å²) < 4.78 is 5.47. The quantitative estimate of drug-likeness (QED) is 0.845. The molecule has 0 radical (unpaired) electrons. The van der Waals surface area contributed by atoms with Crippen molar-refractivity contribution in [3.05, 3.63) is 23.5 Å². The Kier molecular flexibility index (Phi) is 3.96. The lowest BCUT2D eigenvalue weighted by Crippen LogP contribution is -2.19. The molecule has 0 aromatic carbocycles. The van der Waals surface area contributed by atoms with Crippen molar-refractivity contribution in [2.75, 3.05) is 11.1 Å². The Morgan fingerprint density at radius 2 is 2.14 bits per heavy atom. The molecule has 2 aromatic heterocycles. The van der Waals surface area contributed by atoms with Crippen LogP contribution < -0.4 is 11.1 Å². The van der Waals surface area contributed by atoms with Gasteiger partial charge < -0.3 is 15.6 Å². The Labute approximate surface area is 129 Å². The molecule has 1 aliphatic carbocycles. The molecule has 0 saturated heterocycles. The third-order valence-electron chi connectivity index (χ3n) is 3.89. The van der Waals surface area contributed by atoms with Crippen LogP contribution >= 0.6 is 0 Å². The zero-order valence-electron chi connectivity index (χ0n) is 13.2. The second-order valence-corrected chi connectivity index (χ2v) is 6.09. The van der Waals surface area contributed by atoms with Gasteiger partial charge in [-0.15, -0.1) is 0 Å². The molecule has 0 bridgehead atoms. The van der Waals surface area contributed by atoms with E-state index in [1.54, 1.807) is 6.20 Å². The number of aryl methyl sites for hydroxylation is 1. The van der Waals surface area contributed by atoms with E-state index in [0.29, 0.717) is 11.8 Å². The van der Waals surface area contributed by atoms with E-state index >= 15 is 0 Å². The van der Waals surface area contributed by atoms with E-state index in [2.05, 4.69) is 46.2 Å². The molecule has 0 aliphatic heterocycles. The summed E-state index contributed by atoms with van der Waals surface area (Å²) >= 11 is 0. The van der Waals surface area contributed by atoms with Gasteiger partial charge in [-0.1, -0.05) is 25.9 Å². The molecule has 3 rings (SSSR count). The standard InChI is InChI=1S/C15H22N6O/c1-4-9-7-17-15(16)20-12(9)18-11(8(2)3)14-19-13(21-22-14)10-5-6-10/h7-8,10-11H,4-6H2,1-3H3,(H3,16,17,18,20)/t11-/m1/s1. The van der Waals surface area contributed by atoms with Crippen LogP contribution in [0, 0.1) is 5.92 Å². The van der Waals surface area contributed by atoms with E-state index in [4.69, 9.17) is 10.3 Å². The number of nitrogens with one attached hydrogen (secondary N) is 1. The van der Waals surface area contributed by atoms with Crippen molar-refractivity contribution >= 4 is 11.8 Å². The average Bonchev–Trinajstić information content (AvgIpc) is 3.23. The van der Waals surface area contributed by atoms with Crippen LogP contribution in [-0.4, -0.2) is 20.1 Å². The van der Waals surface area contributed by atoms with Crippen LogP contribution in [0.3, 0.4) is 0 Å². The summed E-state index contributed by atoms with van der Waals surface area (Å²) in [6.45, 7) is 6.27. The lowest BCUT2D eigenvalue weighted by Gasteiger charge is -2.20. The minimum absolute atomic E-state index is 0.0976. The number of rotatable bonds is 6. The van der Waals surface area contributed by atoms with Crippen LogP contribution in [0.25, 0.3) is 0 Å². The van der Waals surface area contributed by atoms with Gasteiger partial charge in [0.25, 0.3) is 0 Å². The highest BCUT2D eigenvalue weighted by Gasteiger charge is 2.31. The fourth-order valence-corrected chi connectivity index (χ4v) is 2.35. The summed E-state index contributed by atoms with van der Waals surface area (Å²) in [7, 11) is 0. The first-order valence-corrected chi connectivity index (χ1v) is 7.80. The van der Waals surface area contributed by atoms with Crippen molar-refractivity contribution in [1.82, 2.24) is 20.1 Å². The minimum Gasteiger partial charge on any atom is -0.368 e. The molecule has 0 amide bonds. The molecule has 1 fully saturated rings. The normalized spacial score (nSPS) is 16.0. The van der Waals surface area contributed by atoms with Gasteiger partial charge in [-0.25, -0.2) is 4.98 Å². The Morgan fingerprint density at radius 3 is 2.77 bits per heavy atom. The van der Waals surface area contributed by atoms with Crippen LogP contribution in [-0.2, 0) is 6.42 Å². The molecule has 0 spiro atoms. The first-order valence-electron chi connectivity index (χ1n) is 7.80. The Morgan fingerprint density at radius 1 is 1.36 bits per heavy atom. The van der Waals surface area contributed by atoms with Crippen LogP contribution in [0.15, 0.2) is 10.7 Å². The molecule has 3 N–H and O–H groups in total. The number of nitrogens with two attached hydrogens (primary N) is 1. The number of aromatic nitrogens is 4. The summed E-state index contributed by atoms with van der Waals surface area (Å²) in [6.07, 6.45) is 4.89. The maximum absolute atomic E-state index is 5.71. The van der Waals surface area contributed by atoms with Crippen molar-refractivity contribution < 1.29 is 4.52 Å². The van der Waals surface area contributed by atoms with Crippen molar-refractivity contribution in [3.8, 4) is 0 Å². The monoisotopic (exact) mass is 302 g/mol. The highest BCUT2D eigenvalue weighted by Crippen LogP contribution is 2.39. The van der Waals surface area contributed by atoms with Crippen molar-refractivity contribution in [2.24, 2.45) is 5.92 Å². The summed E-state index contributed by atoms with van der Waals surface area (Å²) in [5.74, 6) is 3.17. The van der Waals surface area contributed by atoms with Gasteiger partial charge in [0.1, 0.15) is 11.9 Å². The summed E-state index contributed by atoms with van der Waals surface area (Å²) in [5.41, 5.74) is 6.73. The Hall–Kier alpha value is -2.18. The van der Waals surface area contributed by atoms with Gasteiger partial charge >= 0.3 is 0 Å². The lowest BCUT2D eigenvalue weighted by molar-refractivity contribution is 0.332. The minimum atomic E-state index is -0.0976. The fourth-order valence-electron chi connectivity index (χ4n) is 2.35. The number of hydrogen-bond acceptors (Lipinski definition) is 7. The fraction of sp³-hybridized carbons (Fsp3) is 0.600. The Balaban J connectivity index is 1.86. The molecule has 7 heteroatoms. The smallest absolute Gasteiger partial charge is 0.249 e. The van der Waals surface area contributed by atoms with Crippen LogP contribution in [0.4, 0.5) is 11.8 Å². The zero-order chi connectivity index (χ0) is 15.7. The zero-order valence-corrected chi connectivity index (χ0v) is 13.2. The van der Waals surface area contributed by atoms with E-state index in [-0.39, 0.29) is 17.9 Å². The van der Waals surface area contributed by atoms with Gasteiger partial charge in [0.2, 0.25) is 11.8 Å². The van der Waals surface area contributed by atoms with Crippen LogP contribution in [0.2, 0.25) is 0 Å². The number of hydrogen-bond donors (Lipinski definition) is 2. The van der Waals surface area contributed by atoms with E-state index in [1.165, 1.54) is 0 Å². The number of anilines is 2. The van der Waals surface area contributed by atoms with Crippen LogP contribution in [0.1, 0.15) is 62.9 Å². The van der Waals surface area contributed by atoms with E-state index in [9.17, 15) is 0 Å². The molecular weight excluding hydrogens is 280 g/mol. The number of nitrogens with zero attached hydrogens (tertiary/aromatic N) is 4. The van der Waals surface area contributed by atoms with Gasteiger partial charge in [-0.2, -0.15) is 9.97 Å². The second-order valence-electron chi connectivity index (χ2n) is 6.09. The average molecular weight is 302 g/mol. The molecule has 7 nitrogen and oxygen atoms in total. The molecule has 118 valence electrons. The molecule has 22 heavy (non-hydrogen) atoms. The molecule has 2 heterocycles. The predicted molar refractivity (Wildman–Crippen MR) is 83.3 cm³/mol. The summed E-state index contributed by atoms with van der Waals surface area (Å²) in [5, 5.41) is 7.50. The van der Waals surface area contributed by atoms with Gasteiger partial charge in [0.15, 0.2) is 5.82 Å². The van der Waals surface area contributed by atoms with Gasteiger partial charge in [0.05, 0.1) is 0 Å². The third-order valence-corrected chi connectivity index (χ3v) is 3.89. The highest BCUT2D eigenvalue weighted by atomic mass is 16.5. The van der Waals surface area contributed by atoms with Crippen molar-refractivity contribution in [1.29, 1.82) is 0 Å². The van der Waals surface area contributed by atoms with Crippen molar-refractivity contribution in [3.63, 3.8) is 0 Å². The Bertz CT molecular complexity index is 649. The van der Waals surface area contributed by atoms with Crippen LogP contribution in [0.5, 0.6) is 0 Å². The summed E-state index contributed by atoms with van der Waals surface area (Å²) in [6, 6.07) is -0.0976. The molecule has 0 unspecified atom stereocenters. The maximum Gasteiger partial charge on any atom is 0.249 e. The SMILES string of the molecule is CCc1cnc(N)nc1N[C@@H](c1nc(C2CC2)no1)C(C)C. The van der Waals surface area contributed by atoms with E-state index in [0.717, 1.165) is 36.5 Å². The first-order chi connectivity index (χ1) is 10.6. The second kappa shape index (κ2) is 5.90. The molecule has 1 aliphatic rings. The maximum atomic E-state index is 5.71. The van der Waals surface area contributed by atoms with Gasteiger partial charge in [-0.3, -0.25) is 0 Å². The highest BCUT2D eigenvalue weighted by molar-refractivity contribution is 5.47. The predicted octanol–water partition coefficient (Wildman–Crippen LogP) is 2.69. The largest absolute Gasteiger partial charge is 0.368 e. The van der Waals surface area contributed by atoms with E-state index < -0.39 is 0 Å². The molecule has 1 saturated carbocycles.